The van der Waals surface area contributed by atoms with E-state index in [1.807, 2.05) is 20.0 Å². The first kappa shape index (κ1) is 14.4. The van der Waals surface area contributed by atoms with Crippen molar-refractivity contribution in [2.45, 2.75) is 32.4 Å². The SMILES string of the molecule is COc1c(CN[C@@H]2CCc3cc(Cl)ccc32)c(C)nn1C. The molecular formula is C16H20ClN3O. The van der Waals surface area contributed by atoms with Gasteiger partial charge in [0.1, 0.15) is 0 Å². The highest BCUT2D eigenvalue weighted by Gasteiger charge is 2.23. The van der Waals surface area contributed by atoms with Gasteiger partial charge >= 0.3 is 0 Å². The number of aromatic nitrogens is 2. The molecule has 0 unspecified atom stereocenters. The molecule has 4 nitrogen and oxygen atoms in total. The molecule has 1 N–H and O–H groups in total. The standard InChI is InChI=1S/C16H20ClN3O/c1-10-14(16(21-3)20(2)19-10)9-18-15-7-4-11-8-12(17)5-6-13(11)15/h5-6,8,15,18H,4,7,9H2,1-3H3/t15-/m1/s1. The zero-order chi connectivity index (χ0) is 15.0. The first-order chi connectivity index (χ1) is 10.1. The maximum Gasteiger partial charge on any atom is 0.216 e. The van der Waals surface area contributed by atoms with Gasteiger partial charge in [0.15, 0.2) is 0 Å². The second-order valence-corrected chi connectivity index (χ2v) is 5.95. The lowest BCUT2D eigenvalue weighted by atomic mass is 10.1. The first-order valence-electron chi connectivity index (χ1n) is 7.18. The molecule has 0 bridgehead atoms. The summed E-state index contributed by atoms with van der Waals surface area (Å²) in [4.78, 5) is 0. The number of hydrogen-bond acceptors (Lipinski definition) is 3. The molecule has 1 aromatic heterocycles. The van der Waals surface area contributed by atoms with Crippen LogP contribution in [0.3, 0.4) is 0 Å². The minimum atomic E-state index is 0.376. The van der Waals surface area contributed by atoms with Crippen LogP contribution in [0.15, 0.2) is 18.2 Å². The third kappa shape index (κ3) is 2.65. The minimum Gasteiger partial charge on any atom is -0.481 e. The van der Waals surface area contributed by atoms with Crippen LogP contribution in [0, 0.1) is 6.92 Å². The van der Waals surface area contributed by atoms with Crippen molar-refractivity contribution in [3.05, 3.63) is 45.6 Å². The molecular weight excluding hydrogens is 286 g/mol. The van der Waals surface area contributed by atoms with Crippen LogP contribution < -0.4 is 10.1 Å². The van der Waals surface area contributed by atoms with Gasteiger partial charge in [-0.2, -0.15) is 5.10 Å². The highest BCUT2D eigenvalue weighted by Crippen LogP contribution is 2.33. The molecule has 0 fully saturated rings. The van der Waals surface area contributed by atoms with E-state index in [1.54, 1.807) is 11.8 Å². The number of rotatable bonds is 4. The maximum atomic E-state index is 6.06. The Balaban J connectivity index is 1.76. The van der Waals surface area contributed by atoms with Crippen LogP contribution in [-0.2, 0) is 20.0 Å². The molecule has 1 atom stereocenters. The van der Waals surface area contributed by atoms with Gasteiger partial charge in [0, 0.05) is 24.7 Å². The second-order valence-electron chi connectivity index (χ2n) is 5.51. The summed E-state index contributed by atoms with van der Waals surface area (Å²) in [6, 6.07) is 6.56. The van der Waals surface area contributed by atoms with Gasteiger partial charge in [0.2, 0.25) is 5.88 Å². The molecule has 21 heavy (non-hydrogen) atoms. The van der Waals surface area contributed by atoms with Gasteiger partial charge in [-0.15, -0.1) is 0 Å². The Labute approximate surface area is 130 Å². The van der Waals surface area contributed by atoms with E-state index in [-0.39, 0.29) is 0 Å². The minimum absolute atomic E-state index is 0.376. The molecule has 1 aliphatic carbocycles. The summed E-state index contributed by atoms with van der Waals surface area (Å²) in [5.41, 5.74) is 4.85. The van der Waals surface area contributed by atoms with E-state index in [9.17, 15) is 0 Å². The first-order valence-corrected chi connectivity index (χ1v) is 7.56. The van der Waals surface area contributed by atoms with Crippen molar-refractivity contribution >= 4 is 11.6 Å². The van der Waals surface area contributed by atoms with Crippen molar-refractivity contribution in [2.75, 3.05) is 7.11 Å². The van der Waals surface area contributed by atoms with Gasteiger partial charge in [0.05, 0.1) is 18.4 Å². The monoisotopic (exact) mass is 305 g/mol. The zero-order valence-electron chi connectivity index (χ0n) is 12.6. The highest BCUT2D eigenvalue weighted by atomic mass is 35.5. The molecule has 1 heterocycles. The Hall–Kier alpha value is -1.52. The summed E-state index contributed by atoms with van der Waals surface area (Å²) in [5, 5.41) is 8.86. The summed E-state index contributed by atoms with van der Waals surface area (Å²) < 4.78 is 7.23. The molecule has 0 aliphatic heterocycles. The summed E-state index contributed by atoms with van der Waals surface area (Å²) in [5.74, 6) is 0.828. The van der Waals surface area contributed by atoms with E-state index in [1.165, 1.54) is 11.1 Å². The number of ether oxygens (including phenoxy) is 1. The van der Waals surface area contributed by atoms with Gasteiger partial charge in [-0.05, 0) is 43.0 Å². The van der Waals surface area contributed by atoms with E-state index in [4.69, 9.17) is 16.3 Å². The fourth-order valence-electron chi connectivity index (χ4n) is 3.16. The molecule has 2 aromatic rings. The predicted octanol–water partition coefficient (Wildman–Crippen LogP) is 3.17. The summed E-state index contributed by atoms with van der Waals surface area (Å²) in [6.07, 6.45) is 2.19. The predicted molar refractivity (Wildman–Crippen MR) is 83.9 cm³/mol. The normalized spacial score (nSPS) is 17.0. The van der Waals surface area contributed by atoms with Crippen LogP contribution in [0.1, 0.15) is 34.8 Å². The molecule has 3 rings (SSSR count). The van der Waals surface area contributed by atoms with Gasteiger partial charge in [-0.3, -0.25) is 0 Å². The Morgan fingerprint density at radius 1 is 1.48 bits per heavy atom. The Morgan fingerprint density at radius 2 is 2.29 bits per heavy atom. The van der Waals surface area contributed by atoms with Gasteiger partial charge in [-0.25, -0.2) is 4.68 Å². The van der Waals surface area contributed by atoms with Crippen molar-refractivity contribution in [1.29, 1.82) is 0 Å². The van der Waals surface area contributed by atoms with Crippen molar-refractivity contribution in [3.63, 3.8) is 0 Å². The molecule has 5 heteroatoms. The Morgan fingerprint density at radius 3 is 3.05 bits per heavy atom. The lowest BCUT2D eigenvalue weighted by Crippen LogP contribution is -2.19. The van der Waals surface area contributed by atoms with Gasteiger partial charge < -0.3 is 10.1 Å². The molecule has 1 aromatic carbocycles. The van der Waals surface area contributed by atoms with E-state index < -0.39 is 0 Å². The van der Waals surface area contributed by atoms with Crippen LogP contribution in [0.5, 0.6) is 5.88 Å². The highest BCUT2D eigenvalue weighted by molar-refractivity contribution is 6.30. The molecule has 0 saturated heterocycles. The molecule has 1 aliphatic rings. The van der Waals surface area contributed by atoms with E-state index in [0.717, 1.165) is 41.5 Å². The van der Waals surface area contributed by atoms with Crippen LogP contribution in [0.2, 0.25) is 5.02 Å². The fraction of sp³-hybridized carbons (Fsp3) is 0.438. The third-order valence-corrected chi connectivity index (χ3v) is 4.43. The Kier molecular flexibility index (Phi) is 3.91. The number of nitrogens with one attached hydrogen (secondary N) is 1. The van der Waals surface area contributed by atoms with Crippen molar-refractivity contribution in [2.24, 2.45) is 7.05 Å². The molecule has 0 spiro atoms. The van der Waals surface area contributed by atoms with Crippen LogP contribution >= 0.6 is 11.6 Å². The lowest BCUT2D eigenvalue weighted by Gasteiger charge is -2.14. The molecule has 112 valence electrons. The number of benzene rings is 1. The number of fused-ring (bicyclic) bond motifs is 1. The summed E-state index contributed by atoms with van der Waals surface area (Å²) >= 11 is 6.06. The second kappa shape index (κ2) is 5.70. The van der Waals surface area contributed by atoms with Crippen LogP contribution in [0.25, 0.3) is 0 Å². The number of aryl methyl sites for hydroxylation is 3. The summed E-state index contributed by atoms with van der Waals surface area (Å²) in [6.45, 7) is 2.78. The number of halogens is 1. The van der Waals surface area contributed by atoms with E-state index in [2.05, 4.69) is 22.5 Å². The number of methoxy groups -OCH3 is 1. The van der Waals surface area contributed by atoms with Crippen molar-refractivity contribution in [3.8, 4) is 5.88 Å². The molecule has 0 saturated carbocycles. The zero-order valence-corrected chi connectivity index (χ0v) is 13.4. The van der Waals surface area contributed by atoms with Gasteiger partial charge in [0.25, 0.3) is 0 Å². The largest absolute Gasteiger partial charge is 0.481 e. The lowest BCUT2D eigenvalue weighted by molar-refractivity contribution is 0.366. The maximum absolute atomic E-state index is 6.06. The Bertz CT molecular complexity index is 666. The quantitative estimate of drug-likeness (QED) is 0.943. The summed E-state index contributed by atoms with van der Waals surface area (Å²) in [7, 11) is 3.59. The van der Waals surface area contributed by atoms with Crippen molar-refractivity contribution in [1.82, 2.24) is 15.1 Å². The third-order valence-electron chi connectivity index (χ3n) is 4.19. The average Bonchev–Trinajstić information content (AvgIpc) is 2.96. The smallest absolute Gasteiger partial charge is 0.216 e. The topological polar surface area (TPSA) is 39.1 Å². The van der Waals surface area contributed by atoms with E-state index in [0.29, 0.717) is 6.04 Å². The van der Waals surface area contributed by atoms with Crippen LogP contribution in [0.4, 0.5) is 0 Å². The van der Waals surface area contributed by atoms with Crippen molar-refractivity contribution < 1.29 is 4.74 Å². The van der Waals surface area contributed by atoms with Gasteiger partial charge in [-0.1, -0.05) is 17.7 Å². The number of hydrogen-bond donors (Lipinski definition) is 1. The average molecular weight is 306 g/mol. The van der Waals surface area contributed by atoms with Crippen LogP contribution in [-0.4, -0.2) is 16.9 Å². The molecule has 0 amide bonds. The molecule has 0 radical (unpaired) electrons. The van der Waals surface area contributed by atoms with E-state index >= 15 is 0 Å². The fourth-order valence-corrected chi connectivity index (χ4v) is 3.36. The number of nitrogens with zero attached hydrogens (tertiary/aromatic N) is 2.